The number of methoxy groups -OCH3 is 3. The van der Waals surface area contributed by atoms with Gasteiger partial charge >= 0.3 is 5.97 Å². The average molecular weight is 914 g/mol. The number of carbonyl (C=O) groups excluding carboxylic acids is 5. The zero-order valence-corrected chi connectivity index (χ0v) is 40.6. The molecular formula is C51H79NO13. The molecule has 65 heavy (non-hydrogen) atoms. The number of aliphatic hydroxyl groups is 3. The quantitative estimate of drug-likeness (QED) is 0.156. The molecule has 3 aliphatic heterocycles. The molecule has 2 bridgehead atoms. The predicted molar refractivity (Wildman–Crippen MR) is 245 cm³/mol. The molecule has 3 N–H and O–H groups in total. The number of nitrogens with zero attached hydrogens (tertiary/aromatic N) is 1. The highest BCUT2D eigenvalue weighted by atomic mass is 16.6. The summed E-state index contributed by atoms with van der Waals surface area (Å²) in [6.45, 7) is 12.7. The minimum absolute atomic E-state index is 0.0193. The first kappa shape index (κ1) is 54.2. The van der Waals surface area contributed by atoms with Crippen LogP contribution >= 0.6 is 0 Å². The Kier molecular flexibility index (Phi) is 21.0. The van der Waals surface area contributed by atoms with Gasteiger partial charge in [-0.25, -0.2) is 4.79 Å². The van der Waals surface area contributed by atoms with E-state index in [1.165, 1.54) is 12.0 Å². The van der Waals surface area contributed by atoms with Gasteiger partial charge in [-0.15, -0.1) is 0 Å². The zero-order valence-electron chi connectivity index (χ0n) is 40.6. The van der Waals surface area contributed by atoms with Crippen molar-refractivity contribution in [3.63, 3.8) is 0 Å². The Labute approximate surface area is 387 Å². The van der Waals surface area contributed by atoms with Crippen LogP contribution in [0.25, 0.3) is 0 Å². The largest absolute Gasteiger partial charge is 0.460 e. The van der Waals surface area contributed by atoms with Crippen LogP contribution in [-0.4, -0.2) is 132 Å². The zero-order chi connectivity index (χ0) is 48.2. The molecule has 4 rings (SSSR count). The molecule has 2 saturated heterocycles. The fourth-order valence-electron chi connectivity index (χ4n) is 10.1. The maximum atomic E-state index is 14.4. The molecule has 0 aromatic carbocycles. The van der Waals surface area contributed by atoms with Crippen LogP contribution < -0.4 is 0 Å². The van der Waals surface area contributed by atoms with Gasteiger partial charge in [0.25, 0.3) is 11.7 Å². The highest BCUT2D eigenvalue weighted by Crippen LogP contribution is 2.38. The first-order valence-electron chi connectivity index (χ1n) is 23.9. The van der Waals surface area contributed by atoms with E-state index in [2.05, 4.69) is 0 Å². The summed E-state index contributed by atoms with van der Waals surface area (Å²) in [5.41, 5.74) is 1.27. The number of aliphatic hydroxyl groups excluding tert-OH is 2. The summed E-state index contributed by atoms with van der Waals surface area (Å²) in [7, 11) is 4.52. The molecule has 0 aromatic rings. The lowest BCUT2D eigenvalue weighted by Crippen LogP contribution is -2.61. The van der Waals surface area contributed by atoms with Crippen LogP contribution in [0.3, 0.4) is 0 Å². The summed E-state index contributed by atoms with van der Waals surface area (Å²) in [5, 5.41) is 33.8. The number of esters is 1. The molecule has 14 heteroatoms. The number of ether oxygens (including phenoxy) is 5. The third-order valence-electron chi connectivity index (χ3n) is 14.5. The number of rotatable bonds is 6. The fraction of sp³-hybridized carbons (Fsp3) is 0.745. The van der Waals surface area contributed by atoms with Crippen molar-refractivity contribution in [2.24, 2.45) is 35.5 Å². The van der Waals surface area contributed by atoms with Crippen molar-refractivity contribution in [1.29, 1.82) is 0 Å². The van der Waals surface area contributed by atoms with E-state index < -0.39 is 83.9 Å². The molecule has 0 spiro atoms. The number of Topliss-reactive ketones (excluding diaryl/α,β-unsaturated/α-hetero) is 3. The monoisotopic (exact) mass is 914 g/mol. The molecule has 0 radical (unpaired) electrons. The van der Waals surface area contributed by atoms with E-state index in [-0.39, 0.29) is 54.8 Å². The lowest BCUT2D eigenvalue weighted by Gasteiger charge is -2.42. The Balaban J connectivity index is 1.70. The van der Waals surface area contributed by atoms with Crippen LogP contribution in [0.15, 0.2) is 47.6 Å². The van der Waals surface area contributed by atoms with E-state index in [0.29, 0.717) is 63.4 Å². The van der Waals surface area contributed by atoms with Gasteiger partial charge in [0.05, 0.1) is 24.4 Å². The van der Waals surface area contributed by atoms with Crippen molar-refractivity contribution in [3.8, 4) is 0 Å². The van der Waals surface area contributed by atoms with Crippen LogP contribution in [0.4, 0.5) is 0 Å². The highest BCUT2D eigenvalue weighted by molar-refractivity contribution is 6.39. The minimum atomic E-state index is -2.43. The molecule has 1 aliphatic carbocycles. The molecule has 3 heterocycles. The van der Waals surface area contributed by atoms with Crippen molar-refractivity contribution in [2.75, 3.05) is 27.9 Å². The summed E-state index contributed by atoms with van der Waals surface area (Å²) >= 11 is 0. The topological polar surface area (TPSA) is 195 Å². The van der Waals surface area contributed by atoms with Gasteiger partial charge in [0.1, 0.15) is 30.1 Å². The molecular weight excluding hydrogens is 835 g/mol. The van der Waals surface area contributed by atoms with E-state index >= 15 is 0 Å². The number of ketones is 3. The number of fused-ring (bicyclic) bond motifs is 3. The first-order chi connectivity index (χ1) is 30.7. The summed E-state index contributed by atoms with van der Waals surface area (Å²) in [4.78, 5) is 71.8. The Morgan fingerprint density at radius 2 is 1.57 bits per heavy atom. The minimum Gasteiger partial charge on any atom is -0.460 e. The van der Waals surface area contributed by atoms with Gasteiger partial charge in [0, 0.05) is 58.5 Å². The van der Waals surface area contributed by atoms with Gasteiger partial charge in [0.15, 0.2) is 5.78 Å². The van der Waals surface area contributed by atoms with Gasteiger partial charge in [-0.3, -0.25) is 19.2 Å². The van der Waals surface area contributed by atoms with Gasteiger partial charge < -0.3 is 43.9 Å². The van der Waals surface area contributed by atoms with E-state index in [9.17, 15) is 39.3 Å². The number of carbonyl (C=O) groups is 5. The standard InChI is InChI=1S/C51H79NO13/c1-30-16-12-11-13-17-31(2)42(61-8)28-38-21-19-36(7)51(60,65-38)48(57)49(58)52-23-15-14-18-39(52)50(59)64-43(33(4)26-37-20-22-40(53)44(27-37)62-9)29-41(54)32(3)25-35(6)46(56)47(63-10)45(55)34(5)24-30/h11-13,16-17,25,30,32-34,36-40,42-44,46-47,53,56,60H,14-15,18-24,26-29H2,1-10H3/b13-11?,16-12+,31-17?,35-25+/t30-,32-,33-,34-,36-,37?,38+,39?,40-,42+,43?,44-,46?,47+,51-/m1/s1. The Bertz CT molecular complexity index is 1760. The molecule has 3 fully saturated rings. The van der Waals surface area contributed by atoms with Crippen molar-refractivity contribution >= 4 is 29.2 Å². The predicted octanol–water partition coefficient (Wildman–Crippen LogP) is 6.18. The normalized spacial score (nSPS) is 39.1. The second kappa shape index (κ2) is 25.1. The molecule has 14 nitrogen and oxygen atoms in total. The lowest BCUT2D eigenvalue weighted by atomic mass is 9.78. The maximum Gasteiger partial charge on any atom is 0.329 e. The van der Waals surface area contributed by atoms with Gasteiger partial charge in [-0.1, -0.05) is 71.1 Å². The van der Waals surface area contributed by atoms with Crippen molar-refractivity contribution in [1.82, 2.24) is 4.90 Å². The molecule has 15 atom stereocenters. The van der Waals surface area contributed by atoms with Crippen molar-refractivity contribution < 1.29 is 63.0 Å². The number of cyclic esters (lactones) is 1. The highest BCUT2D eigenvalue weighted by Gasteiger charge is 2.53. The molecule has 4 aliphatic rings. The second-order valence-corrected chi connectivity index (χ2v) is 19.6. The Morgan fingerprint density at radius 3 is 2.25 bits per heavy atom. The van der Waals surface area contributed by atoms with E-state index in [1.54, 1.807) is 41.1 Å². The average Bonchev–Trinajstić information content (AvgIpc) is 3.28. The number of piperidine rings is 1. The van der Waals surface area contributed by atoms with Gasteiger partial charge in [-0.2, -0.15) is 0 Å². The summed E-state index contributed by atoms with van der Waals surface area (Å²) in [6.07, 6.45) is 11.2. The first-order valence-corrected chi connectivity index (χ1v) is 23.9. The van der Waals surface area contributed by atoms with Gasteiger partial charge in [-0.05, 0) is 107 Å². The number of hydrogen-bond donors (Lipinski definition) is 3. The fourth-order valence-corrected chi connectivity index (χ4v) is 10.1. The number of allylic oxidation sites excluding steroid dienone is 6. The SMILES string of the molecule is CO[C@H]1C[C@@H]2CC[C@@H](C)[C@@](O)(O2)C(=O)C(=O)N2CCCCC2C(=O)OC([C@H](C)CC2CC[C@@H](O)[C@H](OC)C2)CC(=O)[C@H](C)/C=C(\C)C(O)[C@@H](OC)C(=O)[C@H](C)C[C@H](C)/C=C/C=CC=C1C. The number of amides is 1. The molecule has 366 valence electrons. The summed E-state index contributed by atoms with van der Waals surface area (Å²) < 4.78 is 29.4. The van der Waals surface area contributed by atoms with Crippen LogP contribution in [0.5, 0.6) is 0 Å². The van der Waals surface area contributed by atoms with Crippen LogP contribution in [0.2, 0.25) is 0 Å². The van der Waals surface area contributed by atoms with E-state index in [4.69, 9.17) is 23.7 Å². The van der Waals surface area contributed by atoms with Crippen molar-refractivity contribution in [3.05, 3.63) is 47.6 Å². The van der Waals surface area contributed by atoms with Crippen LogP contribution in [0.1, 0.15) is 126 Å². The molecule has 1 amide bonds. The van der Waals surface area contributed by atoms with Crippen molar-refractivity contribution in [2.45, 2.75) is 180 Å². The third kappa shape index (κ3) is 14.3. The lowest BCUT2D eigenvalue weighted by molar-refractivity contribution is -0.265. The van der Waals surface area contributed by atoms with E-state index in [0.717, 1.165) is 12.0 Å². The second-order valence-electron chi connectivity index (χ2n) is 19.6. The van der Waals surface area contributed by atoms with E-state index in [1.807, 2.05) is 58.1 Å². The molecule has 1 saturated carbocycles. The molecule has 4 unspecified atom stereocenters. The Hall–Kier alpha value is -3.37. The Morgan fingerprint density at radius 1 is 0.846 bits per heavy atom. The van der Waals surface area contributed by atoms with Gasteiger partial charge in [0.2, 0.25) is 5.79 Å². The summed E-state index contributed by atoms with van der Waals surface area (Å²) in [5.74, 6) is -7.96. The number of hydrogen-bond acceptors (Lipinski definition) is 13. The smallest absolute Gasteiger partial charge is 0.329 e. The van der Waals surface area contributed by atoms with Crippen LogP contribution in [0, 0.1) is 35.5 Å². The molecule has 0 aromatic heterocycles. The maximum absolute atomic E-state index is 14.4. The summed E-state index contributed by atoms with van der Waals surface area (Å²) in [6, 6.07) is -1.14. The van der Waals surface area contributed by atoms with Crippen LogP contribution in [-0.2, 0) is 47.7 Å². The third-order valence-corrected chi connectivity index (χ3v) is 14.5.